The first-order chi connectivity index (χ1) is 14.1. The van der Waals surface area contributed by atoms with E-state index in [1.165, 1.54) is 19.3 Å². The quantitative estimate of drug-likeness (QED) is 0.809. The molecular weight excluding hydrogens is 364 g/mol. The van der Waals surface area contributed by atoms with Crippen molar-refractivity contribution in [1.29, 1.82) is 0 Å². The molecule has 1 aliphatic carbocycles. The minimum Gasteiger partial charge on any atom is -0.368 e. The van der Waals surface area contributed by atoms with Gasteiger partial charge in [-0.1, -0.05) is 19.3 Å². The van der Waals surface area contributed by atoms with Gasteiger partial charge in [0.05, 0.1) is 18.3 Å². The van der Waals surface area contributed by atoms with Crippen LogP contribution in [0.5, 0.6) is 0 Å². The Kier molecular flexibility index (Phi) is 6.04. The number of aromatic nitrogens is 3. The normalized spacial score (nSPS) is 20.7. The Morgan fingerprint density at radius 2 is 1.86 bits per heavy atom. The second kappa shape index (κ2) is 8.86. The number of likely N-dealkylation sites (tertiary alicyclic amines) is 1. The summed E-state index contributed by atoms with van der Waals surface area (Å²) in [6.07, 6.45) is 11.5. The van der Waals surface area contributed by atoms with Crippen molar-refractivity contribution >= 4 is 11.9 Å². The predicted molar refractivity (Wildman–Crippen MR) is 113 cm³/mol. The van der Waals surface area contributed by atoms with Crippen molar-refractivity contribution in [3.8, 4) is 11.1 Å². The van der Waals surface area contributed by atoms with Gasteiger partial charge in [-0.3, -0.25) is 14.7 Å². The highest BCUT2D eigenvalue weighted by Gasteiger charge is 2.29. The van der Waals surface area contributed by atoms with Gasteiger partial charge in [0.2, 0.25) is 11.9 Å². The van der Waals surface area contributed by atoms with Gasteiger partial charge in [0, 0.05) is 29.7 Å². The Labute approximate surface area is 172 Å². The largest absolute Gasteiger partial charge is 0.368 e. The van der Waals surface area contributed by atoms with Gasteiger partial charge in [-0.2, -0.15) is 0 Å². The average molecular weight is 395 g/mol. The van der Waals surface area contributed by atoms with Gasteiger partial charge in [-0.15, -0.1) is 0 Å². The number of anilines is 1. The lowest BCUT2D eigenvalue weighted by atomic mass is 9.95. The highest BCUT2D eigenvalue weighted by Crippen LogP contribution is 2.33. The fourth-order valence-corrected chi connectivity index (χ4v) is 4.57. The molecule has 0 spiro atoms. The smallest absolute Gasteiger partial charge is 0.234 e. The third-order valence-electron chi connectivity index (χ3n) is 6.00. The molecule has 3 N–H and O–H groups in total. The molecule has 7 heteroatoms. The van der Waals surface area contributed by atoms with Gasteiger partial charge in [-0.05, 0) is 56.8 Å². The number of nitrogens with zero attached hydrogens (tertiary/aromatic N) is 4. The minimum absolute atomic E-state index is 0.142. The molecule has 1 saturated heterocycles. The summed E-state index contributed by atoms with van der Waals surface area (Å²) in [5, 5.41) is 3.24. The molecule has 29 heavy (non-hydrogen) atoms. The molecule has 2 fully saturated rings. The van der Waals surface area contributed by atoms with Crippen LogP contribution in [-0.2, 0) is 4.79 Å². The number of amides is 1. The lowest BCUT2D eigenvalue weighted by Gasteiger charge is -2.27. The van der Waals surface area contributed by atoms with Crippen LogP contribution in [0, 0.1) is 6.92 Å². The average Bonchev–Trinajstić information content (AvgIpc) is 3.17. The number of hydrogen-bond donors (Lipinski definition) is 2. The molecule has 4 rings (SSSR count). The first-order valence-corrected chi connectivity index (χ1v) is 10.7. The number of nitrogens with two attached hydrogens (primary N) is 1. The monoisotopic (exact) mass is 394 g/mol. The molecule has 154 valence electrons. The fourth-order valence-electron chi connectivity index (χ4n) is 4.57. The molecule has 2 aliphatic rings. The summed E-state index contributed by atoms with van der Waals surface area (Å²) in [5.74, 6) is 0.411. The first-order valence-electron chi connectivity index (χ1n) is 10.7. The lowest BCUT2D eigenvalue weighted by Crippen LogP contribution is -2.42. The SMILES string of the molecule is Cc1cc(-c2cnc(N)nc2)cc(C2CCCN2CC(=O)NC2CCCCC2)n1. The van der Waals surface area contributed by atoms with Crippen molar-refractivity contribution in [2.75, 3.05) is 18.8 Å². The fraction of sp³-hybridized carbons (Fsp3) is 0.545. The molecule has 1 aliphatic heterocycles. The number of nitrogens with one attached hydrogen (secondary N) is 1. The van der Waals surface area contributed by atoms with Gasteiger partial charge in [0.15, 0.2) is 0 Å². The molecule has 1 unspecified atom stereocenters. The minimum atomic E-state index is 0.142. The predicted octanol–water partition coefficient (Wildman–Crippen LogP) is 3.02. The Balaban J connectivity index is 1.47. The molecule has 1 amide bonds. The third kappa shape index (κ3) is 4.90. The van der Waals surface area contributed by atoms with Crippen LogP contribution in [0.15, 0.2) is 24.5 Å². The maximum atomic E-state index is 12.6. The molecule has 0 aromatic carbocycles. The maximum absolute atomic E-state index is 12.6. The molecule has 0 radical (unpaired) electrons. The Morgan fingerprint density at radius 1 is 1.10 bits per heavy atom. The van der Waals surface area contributed by atoms with Gasteiger partial charge < -0.3 is 11.1 Å². The first kappa shape index (κ1) is 19.8. The zero-order valence-electron chi connectivity index (χ0n) is 17.1. The number of carbonyl (C=O) groups is 1. The number of aryl methyl sites for hydroxylation is 1. The molecule has 7 nitrogen and oxygen atoms in total. The number of carbonyl (C=O) groups excluding carboxylic acids is 1. The van der Waals surface area contributed by atoms with Crippen molar-refractivity contribution in [2.24, 2.45) is 0 Å². The molecule has 0 bridgehead atoms. The van der Waals surface area contributed by atoms with Crippen LogP contribution in [0.25, 0.3) is 11.1 Å². The van der Waals surface area contributed by atoms with E-state index in [0.29, 0.717) is 12.6 Å². The van der Waals surface area contributed by atoms with Gasteiger partial charge >= 0.3 is 0 Å². The van der Waals surface area contributed by atoms with E-state index in [-0.39, 0.29) is 17.9 Å². The summed E-state index contributed by atoms with van der Waals surface area (Å²) in [4.78, 5) is 27.9. The highest BCUT2D eigenvalue weighted by atomic mass is 16.2. The van der Waals surface area contributed by atoms with E-state index < -0.39 is 0 Å². The Bertz CT molecular complexity index is 847. The summed E-state index contributed by atoms with van der Waals surface area (Å²) < 4.78 is 0. The van der Waals surface area contributed by atoms with E-state index >= 15 is 0 Å². The Morgan fingerprint density at radius 3 is 2.62 bits per heavy atom. The van der Waals surface area contributed by atoms with Crippen molar-refractivity contribution in [2.45, 2.75) is 64.0 Å². The highest BCUT2D eigenvalue weighted by molar-refractivity contribution is 5.78. The van der Waals surface area contributed by atoms with E-state index in [9.17, 15) is 4.79 Å². The van der Waals surface area contributed by atoms with Crippen LogP contribution in [0.2, 0.25) is 0 Å². The van der Waals surface area contributed by atoms with Gasteiger partial charge in [-0.25, -0.2) is 9.97 Å². The van der Waals surface area contributed by atoms with Crippen LogP contribution in [0.3, 0.4) is 0 Å². The standard InChI is InChI=1S/C22H30N6O/c1-15-10-16(17-12-24-22(23)25-13-17)11-19(26-15)20-8-5-9-28(20)14-21(29)27-18-6-3-2-4-7-18/h10-13,18,20H,2-9,14H2,1H3,(H,27,29)(H2,23,24,25). The summed E-state index contributed by atoms with van der Waals surface area (Å²) >= 11 is 0. The summed E-state index contributed by atoms with van der Waals surface area (Å²) in [7, 11) is 0. The topological polar surface area (TPSA) is 97.0 Å². The van der Waals surface area contributed by atoms with Crippen molar-refractivity contribution in [3.63, 3.8) is 0 Å². The van der Waals surface area contributed by atoms with Gasteiger partial charge in [0.1, 0.15) is 0 Å². The van der Waals surface area contributed by atoms with E-state index in [1.54, 1.807) is 12.4 Å². The van der Waals surface area contributed by atoms with Crippen LogP contribution in [-0.4, -0.2) is 44.9 Å². The van der Waals surface area contributed by atoms with Crippen LogP contribution in [0.4, 0.5) is 5.95 Å². The molecule has 2 aromatic rings. The summed E-state index contributed by atoms with van der Waals surface area (Å²) in [6, 6.07) is 4.66. The molecule has 1 atom stereocenters. The van der Waals surface area contributed by atoms with Crippen LogP contribution < -0.4 is 11.1 Å². The summed E-state index contributed by atoms with van der Waals surface area (Å²) in [6.45, 7) is 3.37. The van der Waals surface area contributed by atoms with Crippen molar-refractivity contribution in [1.82, 2.24) is 25.2 Å². The third-order valence-corrected chi connectivity index (χ3v) is 6.00. The zero-order chi connectivity index (χ0) is 20.2. The molecule has 3 heterocycles. The van der Waals surface area contributed by atoms with Gasteiger partial charge in [0.25, 0.3) is 0 Å². The number of nitrogen functional groups attached to an aromatic ring is 1. The second-order valence-electron chi connectivity index (χ2n) is 8.28. The summed E-state index contributed by atoms with van der Waals surface area (Å²) in [5.41, 5.74) is 9.54. The van der Waals surface area contributed by atoms with E-state index in [0.717, 1.165) is 54.7 Å². The molecular formula is C22H30N6O. The van der Waals surface area contributed by atoms with Crippen molar-refractivity contribution < 1.29 is 4.79 Å². The van der Waals surface area contributed by atoms with Crippen LogP contribution in [0.1, 0.15) is 62.4 Å². The number of hydrogen-bond acceptors (Lipinski definition) is 6. The molecule has 1 saturated carbocycles. The van der Waals surface area contributed by atoms with Crippen molar-refractivity contribution in [3.05, 3.63) is 35.9 Å². The number of pyridine rings is 1. The number of rotatable bonds is 5. The zero-order valence-corrected chi connectivity index (χ0v) is 17.1. The molecule has 2 aromatic heterocycles. The van der Waals surface area contributed by atoms with E-state index in [4.69, 9.17) is 10.7 Å². The lowest BCUT2D eigenvalue weighted by molar-refractivity contribution is -0.123. The van der Waals surface area contributed by atoms with E-state index in [1.807, 2.05) is 13.0 Å². The second-order valence-corrected chi connectivity index (χ2v) is 8.28. The Hall–Kier alpha value is -2.54. The van der Waals surface area contributed by atoms with Crippen LogP contribution >= 0.6 is 0 Å². The maximum Gasteiger partial charge on any atom is 0.234 e. The van der Waals surface area contributed by atoms with E-state index in [2.05, 4.69) is 26.3 Å².